The predicted octanol–water partition coefficient (Wildman–Crippen LogP) is 3.59. The lowest BCUT2D eigenvalue weighted by atomic mass is 9.80. The summed E-state index contributed by atoms with van der Waals surface area (Å²) >= 11 is 0. The number of hydrogen-bond acceptors (Lipinski definition) is 6. The topological polar surface area (TPSA) is 126 Å². The fourth-order valence-electron chi connectivity index (χ4n) is 4.38. The third kappa shape index (κ3) is 3.11. The summed E-state index contributed by atoms with van der Waals surface area (Å²) in [6.45, 7) is 4.09. The van der Waals surface area contributed by atoms with Crippen LogP contribution in [0.15, 0.2) is 36.5 Å². The van der Waals surface area contributed by atoms with Crippen LogP contribution >= 0.6 is 0 Å². The van der Waals surface area contributed by atoms with Gasteiger partial charge >= 0.3 is 0 Å². The van der Waals surface area contributed by atoms with E-state index in [0.29, 0.717) is 11.1 Å². The molecule has 0 amide bonds. The molecule has 3 atom stereocenters. The van der Waals surface area contributed by atoms with Crippen LogP contribution in [0.5, 0.6) is 28.7 Å². The van der Waals surface area contributed by atoms with Gasteiger partial charge in [0.15, 0.2) is 17.6 Å². The van der Waals surface area contributed by atoms with Gasteiger partial charge in [0, 0.05) is 29.6 Å². The van der Waals surface area contributed by atoms with Crippen LogP contribution < -0.4 is 4.74 Å². The van der Waals surface area contributed by atoms with Crippen LogP contribution in [0.3, 0.4) is 0 Å². The molecule has 3 unspecified atom stereocenters. The van der Waals surface area contributed by atoms with Crippen LogP contribution in [0.25, 0.3) is 0 Å². The number of benzene rings is 2. The van der Waals surface area contributed by atoms with Crippen LogP contribution in [-0.2, 0) is 12.8 Å². The Kier molecular flexibility index (Phi) is 4.99. The summed E-state index contributed by atoms with van der Waals surface area (Å²) in [6, 6.07) is 6.84. The second-order valence-corrected chi connectivity index (χ2v) is 7.54. The lowest BCUT2D eigenvalue weighted by Crippen LogP contribution is -2.35. The number of aliphatic hydroxyl groups is 1. The summed E-state index contributed by atoms with van der Waals surface area (Å²) in [6.07, 6.45) is 1.47. The first kappa shape index (κ1) is 20.0. The highest BCUT2D eigenvalue weighted by atomic mass is 16.5. The lowest BCUT2D eigenvalue weighted by Gasteiger charge is -2.37. The van der Waals surface area contributed by atoms with E-state index in [1.54, 1.807) is 6.07 Å². The van der Waals surface area contributed by atoms with Crippen LogP contribution in [0.2, 0.25) is 0 Å². The Balaban J connectivity index is 1.91. The summed E-state index contributed by atoms with van der Waals surface area (Å²) in [5, 5.41) is 51.5. The summed E-state index contributed by atoms with van der Waals surface area (Å²) in [4.78, 5) is 3.27. The van der Waals surface area contributed by atoms with Gasteiger partial charge in [0.2, 0.25) is 0 Å². The Bertz CT molecular complexity index is 1090. The molecule has 30 heavy (non-hydrogen) atoms. The van der Waals surface area contributed by atoms with Gasteiger partial charge in [-0.25, -0.2) is 0 Å². The average Bonchev–Trinajstić information content (AvgIpc) is 3.12. The van der Waals surface area contributed by atoms with E-state index in [-0.39, 0.29) is 28.7 Å². The first-order chi connectivity index (χ1) is 14.3. The minimum absolute atomic E-state index is 0.162. The first-order valence-electron chi connectivity index (χ1n) is 9.97. The average molecular weight is 411 g/mol. The summed E-state index contributed by atoms with van der Waals surface area (Å²) in [7, 11) is 0. The molecule has 1 aromatic heterocycles. The highest BCUT2D eigenvalue weighted by Gasteiger charge is 2.42. The number of fused-ring (bicyclic) bond motifs is 1. The minimum atomic E-state index is -1.11. The molecular weight excluding hydrogens is 386 g/mol. The number of hydrogen-bond donors (Lipinski definition) is 6. The van der Waals surface area contributed by atoms with Crippen LogP contribution in [0.4, 0.5) is 0 Å². The van der Waals surface area contributed by atoms with E-state index in [0.717, 1.165) is 29.7 Å². The Morgan fingerprint density at radius 2 is 1.70 bits per heavy atom. The maximum absolute atomic E-state index is 11.4. The van der Waals surface area contributed by atoms with Crippen molar-refractivity contribution in [2.75, 3.05) is 0 Å². The van der Waals surface area contributed by atoms with Crippen molar-refractivity contribution in [1.29, 1.82) is 0 Å². The van der Waals surface area contributed by atoms with Gasteiger partial charge in [0.1, 0.15) is 23.4 Å². The van der Waals surface area contributed by atoms with Gasteiger partial charge in [-0.1, -0.05) is 19.9 Å². The van der Waals surface area contributed by atoms with Crippen molar-refractivity contribution in [3.8, 4) is 28.7 Å². The van der Waals surface area contributed by atoms with E-state index in [9.17, 15) is 25.5 Å². The number of aromatic amines is 1. The third-order valence-corrected chi connectivity index (χ3v) is 5.81. The molecule has 158 valence electrons. The number of aromatic hydroxyl groups is 4. The molecule has 0 radical (unpaired) electrons. The number of nitrogens with one attached hydrogen (secondary N) is 1. The third-order valence-electron chi connectivity index (χ3n) is 5.81. The van der Waals surface area contributed by atoms with Crippen molar-refractivity contribution >= 4 is 0 Å². The fraction of sp³-hybridized carbons (Fsp3) is 0.304. The van der Waals surface area contributed by atoms with E-state index >= 15 is 0 Å². The van der Waals surface area contributed by atoms with Crippen LogP contribution in [0, 0.1) is 0 Å². The number of phenols is 4. The van der Waals surface area contributed by atoms with Crippen LogP contribution in [-0.4, -0.2) is 36.6 Å². The lowest BCUT2D eigenvalue weighted by molar-refractivity contribution is 0.00642. The zero-order valence-electron chi connectivity index (χ0n) is 16.8. The number of aryl methyl sites for hydroxylation is 1. The van der Waals surface area contributed by atoms with Gasteiger partial charge in [-0.05, 0) is 41.7 Å². The van der Waals surface area contributed by atoms with E-state index in [2.05, 4.69) is 11.9 Å². The minimum Gasteiger partial charge on any atom is -0.508 e. The van der Waals surface area contributed by atoms with Crippen molar-refractivity contribution in [2.45, 2.75) is 44.8 Å². The molecule has 4 rings (SSSR count). The quantitative estimate of drug-likeness (QED) is 0.364. The van der Waals surface area contributed by atoms with Crippen molar-refractivity contribution in [1.82, 2.24) is 4.98 Å². The highest BCUT2D eigenvalue weighted by Crippen LogP contribution is 2.51. The van der Waals surface area contributed by atoms with Gasteiger partial charge in [-0.3, -0.25) is 0 Å². The number of ether oxygens (including phenoxy) is 1. The number of aliphatic hydroxyl groups excluding tert-OH is 1. The number of phenolic OH excluding ortho intramolecular Hbond substituents is 4. The Labute approximate surface area is 173 Å². The van der Waals surface area contributed by atoms with E-state index in [1.165, 1.54) is 24.3 Å². The van der Waals surface area contributed by atoms with Gasteiger partial charge in [0.05, 0.1) is 5.92 Å². The maximum atomic E-state index is 11.4. The molecule has 0 aliphatic carbocycles. The highest BCUT2D eigenvalue weighted by molar-refractivity contribution is 5.57. The van der Waals surface area contributed by atoms with Crippen LogP contribution in [0.1, 0.15) is 53.8 Å². The zero-order valence-corrected chi connectivity index (χ0v) is 16.8. The molecule has 6 N–H and O–H groups in total. The summed E-state index contributed by atoms with van der Waals surface area (Å²) in [5.74, 6) is -1.34. The zero-order chi connectivity index (χ0) is 21.6. The smallest absolute Gasteiger partial charge is 0.157 e. The monoisotopic (exact) mass is 411 g/mol. The summed E-state index contributed by atoms with van der Waals surface area (Å²) in [5.41, 5.74) is 3.81. The normalized spacial score (nSPS) is 20.6. The molecule has 3 aromatic rings. The van der Waals surface area contributed by atoms with E-state index in [4.69, 9.17) is 4.74 Å². The summed E-state index contributed by atoms with van der Waals surface area (Å²) < 4.78 is 5.97. The molecule has 1 aliphatic rings. The molecule has 0 bridgehead atoms. The molecule has 7 nitrogen and oxygen atoms in total. The molecule has 0 spiro atoms. The molecule has 7 heteroatoms. The second-order valence-electron chi connectivity index (χ2n) is 7.54. The number of rotatable bonds is 4. The number of H-pyrrole nitrogens is 1. The SMILES string of the molecule is CCc1c[nH]c(C2c3c(O)cc(O)cc3OC(c3ccc(O)c(O)c3)C2O)c1CC. The number of aromatic nitrogens is 1. The fourth-order valence-corrected chi connectivity index (χ4v) is 4.38. The van der Waals surface area contributed by atoms with Crippen molar-refractivity contribution in [3.05, 3.63) is 64.5 Å². The van der Waals surface area contributed by atoms with Crippen molar-refractivity contribution in [2.24, 2.45) is 0 Å². The largest absolute Gasteiger partial charge is 0.508 e. The van der Waals surface area contributed by atoms with Crippen molar-refractivity contribution in [3.63, 3.8) is 0 Å². The first-order valence-corrected chi connectivity index (χ1v) is 9.97. The van der Waals surface area contributed by atoms with E-state index < -0.39 is 18.1 Å². The van der Waals surface area contributed by atoms with E-state index in [1.807, 2.05) is 13.1 Å². The van der Waals surface area contributed by atoms with Gasteiger partial charge in [-0.2, -0.15) is 0 Å². The molecule has 1 aliphatic heterocycles. The van der Waals surface area contributed by atoms with Gasteiger partial charge in [0.25, 0.3) is 0 Å². The Morgan fingerprint density at radius 1 is 0.933 bits per heavy atom. The molecule has 0 saturated carbocycles. The standard InChI is InChI=1S/C23H25NO6/c1-3-11-10-24-21(14(11)4-2)20-19-17(28)8-13(25)9-18(19)30-23(22(20)29)12-5-6-15(26)16(27)7-12/h5-10,20,22-29H,3-4H2,1-2H3. The van der Waals surface area contributed by atoms with Crippen molar-refractivity contribution < 1.29 is 30.3 Å². The molecule has 2 heterocycles. The molecule has 0 fully saturated rings. The second kappa shape index (κ2) is 7.50. The van der Waals surface area contributed by atoms with Gasteiger partial charge < -0.3 is 35.3 Å². The molecular formula is C23H25NO6. The predicted molar refractivity (Wildman–Crippen MR) is 110 cm³/mol. The maximum Gasteiger partial charge on any atom is 0.157 e. The molecule has 0 saturated heterocycles. The Hall–Kier alpha value is -3.32. The molecule has 2 aromatic carbocycles. The Morgan fingerprint density at radius 3 is 2.37 bits per heavy atom. The van der Waals surface area contributed by atoms with Gasteiger partial charge in [-0.15, -0.1) is 0 Å².